The van der Waals surface area contributed by atoms with Gasteiger partial charge in [0.25, 0.3) is 0 Å². The van der Waals surface area contributed by atoms with E-state index in [2.05, 4.69) is 56.0 Å². The summed E-state index contributed by atoms with van der Waals surface area (Å²) in [6, 6.07) is 8.23. The summed E-state index contributed by atoms with van der Waals surface area (Å²) < 4.78 is 1.08. The lowest BCUT2D eigenvalue weighted by atomic mass is 10.1. The molecule has 1 N–H and O–H groups in total. The quantitative estimate of drug-likeness (QED) is 0.798. The van der Waals surface area contributed by atoms with Gasteiger partial charge in [-0.05, 0) is 42.7 Å². The second kappa shape index (κ2) is 5.13. The van der Waals surface area contributed by atoms with Gasteiger partial charge in [-0.1, -0.05) is 22.0 Å². The molecular formula is C15H14BrN3. The highest BCUT2D eigenvalue weighted by Crippen LogP contribution is 2.22. The molecule has 4 heteroatoms. The molecule has 0 bridgehead atoms. The predicted octanol–water partition coefficient (Wildman–Crippen LogP) is 3.81. The second-order valence-electron chi connectivity index (χ2n) is 4.66. The van der Waals surface area contributed by atoms with Gasteiger partial charge in [0.15, 0.2) is 0 Å². The Morgan fingerprint density at radius 2 is 2.16 bits per heavy atom. The molecule has 0 amide bonds. The summed E-state index contributed by atoms with van der Waals surface area (Å²) in [6.45, 7) is 2.08. The largest absolute Gasteiger partial charge is 0.342 e. The molecule has 3 nitrogen and oxygen atoms in total. The smallest absolute Gasteiger partial charge is 0.107 e. The summed E-state index contributed by atoms with van der Waals surface area (Å²) >= 11 is 3.51. The highest BCUT2D eigenvalue weighted by Gasteiger charge is 2.06. The molecule has 0 spiro atoms. The van der Waals surface area contributed by atoms with Gasteiger partial charge in [-0.15, -0.1) is 0 Å². The highest BCUT2D eigenvalue weighted by molar-refractivity contribution is 9.10. The van der Waals surface area contributed by atoms with Crippen LogP contribution in [0.2, 0.25) is 0 Å². The zero-order valence-corrected chi connectivity index (χ0v) is 12.2. The maximum Gasteiger partial charge on any atom is 0.107 e. The molecule has 0 radical (unpaired) electrons. The summed E-state index contributed by atoms with van der Waals surface area (Å²) in [5.41, 5.74) is 4.58. The van der Waals surface area contributed by atoms with Crippen LogP contribution >= 0.6 is 15.9 Å². The standard InChI is InChI=1S/C15H14BrN3/c1-10-7-12(16)8-13-15(10)19-14(18-13)5-4-11-3-2-6-17-9-11/h2-3,6-9H,4-5H2,1H3,(H,18,19). The van der Waals surface area contributed by atoms with E-state index in [0.29, 0.717) is 0 Å². The Morgan fingerprint density at radius 3 is 2.95 bits per heavy atom. The van der Waals surface area contributed by atoms with Crippen LogP contribution in [0.25, 0.3) is 11.0 Å². The lowest BCUT2D eigenvalue weighted by molar-refractivity contribution is 0.884. The number of nitrogens with zero attached hydrogens (tertiary/aromatic N) is 2. The molecule has 0 aliphatic rings. The maximum absolute atomic E-state index is 4.67. The zero-order valence-electron chi connectivity index (χ0n) is 10.7. The summed E-state index contributed by atoms with van der Waals surface area (Å²) in [7, 11) is 0. The highest BCUT2D eigenvalue weighted by atomic mass is 79.9. The van der Waals surface area contributed by atoms with E-state index < -0.39 is 0 Å². The first-order valence-electron chi connectivity index (χ1n) is 6.26. The minimum atomic E-state index is 0.900. The van der Waals surface area contributed by atoms with Gasteiger partial charge in [-0.3, -0.25) is 4.98 Å². The molecule has 0 aliphatic carbocycles. The van der Waals surface area contributed by atoms with Crippen molar-refractivity contribution in [3.8, 4) is 0 Å². The number of hydrogen-bond donors (Lipinski definition) is 1. The zero-order chi connectivity index (χ0) is 13.2. The molecule has 19 heavy (non-hydrogen) atoms. The normalized spacial score (nSPS) is 11.1. The number of aryl methyl sites for hydroxylation is 3. The maximum atomic E-state index is 4.67. The minimum Gasteiger partial charge on any atom is -0.342 e. The van der Waals surface area contributed by atoms with Gasteiger partial charge in [-0.2, -0.15) is 0 Å². The predicted molar refractivity (Wildman–Crippen MR) is 80.2 cm³/mol. The van der Waals surface area contributed by atoms with E-state index in [1.807, 2.05) is 12.3 Å². The van der Waals surface area contributed by atoms with E-state index in [4.69, 9.17) is 0 Å². The van der Waals surface area contributed by atoms with Crippen molar-refractivity contribution in [1.29, 1.82) is 0 Å². The van der Waals surface area contributed by atoms with Crippen LogP contribution in [-0.2, 0) is 12.8 Å². The van der Waals surface area contributed by atoms with E-state index >= 15 is 0 Å². The number of pyridine rings is 1. The molecule has 3 rings (SSSR count). The van der Waals surface area contributed by atoms with Gasteiger partial charge < -0.3 is 4.98 Å². The number of aromatic amines is 1. The number of benzene rings is 1. The lowest BCUT2D eigenvalue weighted by Gasteiger charge is -1.97. The Bertz CT molecular complexity index is 704. The first kappa shape index (κ1) is 12.4. The second-order valence-corrected chi connectivity index (χ2v) is 5.58. The van der Waals surface area contributed by atoms with E-state index in [1.54, 1.807) is 6.20 Å². The topological polar surface area (TPSA) is 41.6 Å². The number of rotatable bonds is 3. The van der Waals surface area contributed by atoms with Crippen molar-refractivity contribution >= 4 is 27.0 Å². The Morgan fingerprint density at radius 1 is 1.26 bits per heavy atom. The summed E-state index contributed by atoms with van der Waals surface area (Å²) in [6.07, 6.45) is 5.56. The van der Waals surface area contributed by atoms with E-state index in [0.717, 1.165) is 34.2 Å². The third-order valence-corrected chi connectivity index (χ3v) is 3.62. The first-order valence-corrected chi connectivity index (χ1v) is 7.05. The first-order chi connectivity index (χ1) is 9.22. The van der Waals surface area contributed by atoms with Crippen molar-refractivity contribution < 1.29 is 0 Å². The molecule has 0 atom stereocenters. The average Bonchev–Trinajstić information content (AvgIpc) is 2.81. The average molecular weight is 316 g/mol. The third kappa shape index (κ3) is 2.68. The van der Waals surface area contributed by atoms with Gasteiger partial charge >= 0.3 is 0 Å². The third-order valence-electron chi connectivity index (χ3n) is 3.16. The van der Waals surface area contributed by atoms with E-state index in [1.165, 1.54) is 11.1 Å². The van der Waals surface area contributed by atoms with Crippen molar-refractivity contribution in [2.45, 2.75) is 19.8 Å². The van der Waals surface area contributed by atoms with Gasteiger partial charge in [0.1, 0.15) is 5.82 Å². The molecule has 0 unspecified atom stereocenters. The summed E-state index contributed by atoms with van der Waals surface area (Å²) in [5.74, 6) is 1.03. The lowest BCUT2D eigenvalue weighted by Crippen LogP contribution is -1.93. The van der Waals surface area contributed by atoms with Crippen molar-refractivity contribution in [2.75, 3.05) is 0 Å². The SMILES string of the molecule is Cc1cc(Br)cc2[nH]c(CCc3cccnc3)nc12. The molecule has 0 fully saturated rings. The summed E-state index contributed by atoms with van der Waals surface area (Å²) in [5, 5.41) is 0. The molecule has 2 aromatic heterocycles. The van der Waals surface area contributed by atoms with Crippen molar-refractivity contribution in [1.82, 2.24) is 15.0 Å². The number of H-pyrrole nitrogens is 1. The Hall–Kier alpha value is -1.68. The Balaban J connectivity index is 1.84. The fourth-order valence-electron chi connectivity index (χ4n) is 2.22. The molecule has 96 valence electrons. The Labute approximate surface area is 120 Å². The van der Waals surface area contributed by atoms with Crippen molar-refractivity contribution in [3.63, 3.8) is 0 Å². The van der Waals surface area contributed by atoms with E-state index in [-0.39, 0.29) is 0 Å². The molecule has 2 heterocycles. The number of fused-ring (bicyclic) bond motifs is 1. The van der Waals surface area contributed by atoms with Crippen LogP contribution in [0.15, 0.2) is 41.1 Å². The van der Waals surface area contributed by atoms with Crippen LogP contribution in [-0.4, -0.2) is 15.0 Å². The van der Waals surface area contributed by atoms with Crippen LogP contribution in [0, 0.1) is 6.92 Å². The van der Waals surface area contributed by atoms with Crippen LogP contribution in [0.5, 0.6) is 0 Å². The molecule has 0 saturated heterocycles. The van der Waals surface area contributed by atoms with Crippen LogP contribution in [0.1, 0.15) is 17.0 Å². The van der Waals surface area contributed by atoms with E-state index in [9.17, 15) is 0 Å². The molecular weight excluding hydrogens is 302 g/mol. The van der Waals surface area contributed by atoms with Crippen LogP contribution in [0.3, 0.4) is 0 Å². The number of aromatic nitrogens is 3. The van der Waals surface area contributed by atoms with Crippen LogP contribution in [0.4, 0.5) is 0 Å². The van der Waals surface area contributed by atoms with Gasteiger partial charge in [0.2, 0.25) is 0 Å². The molecule has 0 aliphatic heterocycles. The summed E-state index contributed by atoms with van der Waals surface area (Å²) in [4.78, 5) is 12.2. The molecule has 0 saturated carbocycles. The van der Waals surface area contributed by atoms with Crippen LogP contribution < -0.4 is 0 Å². The number of nitrogens with one attached hydrogen (secondary N) is 1. The Kier molecular flexibility index (Phi) is 3.34. The van der Waals surface area contributed by atoms with Crippen molar-refractivity contribution in [2.24, 2.45) is 0 Å². The molecule has 1 aromatic carbocycles. The number of hydrogen-bond acceptors (Lipinski definition) is 2. The fraction of sp³-hybridized carbons (Fsp3) is 0.200. The minimum absolute atomic E-state index is 0.900. The monoisotopic (exact) mass is 315 g/mol. The number of imidazole rings is 1. The van der Waals surface area contributed by atoms with Gasteiger partial charge in [0.05, 0.1) is 11.0 Å². The van der Waals surface area contributed by atoms with Crippen molar-refractivity contribution in [3.05, 3.63) is 58.1 Å². The number of halogens is 1. The van der Waals surface area contributed by atoms with Gasteiger partial charge in [0, 0.05) is 23.3 Å². The van der Waals surface area contributed by atoms with Gasteiger partial charge in [-0.25, -0.2) is 4.98 Å². The fourth-order valence-corrected chi connectivity index (χ4v) is 2.80. The molecule has 3 aromatic rings.